The van der Waals surface area contributed by atoms with Gasteiger partial charge in [-0.25, -0.2) is 4.79 Å². The number of nitrogens with zero attached hydrogens (tertiary/aromatic N) is 2. The molecule has 1 saturated carbocycles. The number of carbonyl (C=O) groups excluding carboxylic acids is 2. The molecule has 1 aromatic rings. The van der Waals surface area contributed by atoms with Gasteiger partial charge in [0.2, 0.25) is 0 Å². The average Bonchev–Trinajstić information content (AvgIpc) is 3.11. The third kappa shape index (κ3) is 2.89. The number of rotatable bonds is 4. The van der Waals surface area contributed by atoms with E-state index in [0.717, 1.165) is 12.8 Å². The monoisotopic (exact) mass is 265 g/mol. The molecule has 6 nitrogen and oxygen atoms in total. The fourth-order valence-electron chi connectivity index (χ4n) is 1.95. The molecule has 0 bridgehead atoms. The summed E-state index contributed by atoms with van der Waals surface area (Å²) in [6.07, 6.45) is 3.03. The van der Waals surface area contributed by atoms with Gasteiger partial charge in [0.05, 0.1) is 5.69 Å². The normalized spacial score (nSPS) is 15.9. The van der Waals surface area contributed by atoms with Gasteiger partial charge in [-0.1, -0.05) is 0 Å². The highest BCUT2D eigenvalue weighted by atomic mass is 16.5. The number of anilines is 1. The number of ether oxygens (including phenoxy) is 1. The lowest BCUT2D eigenvalue weighted by atomic mass is 10.3. The second-order valence-electron chi connectivity index (χ2n) is 5.08. The van der Waals surface area contributed by atoms with Gasteiger partial charge in [-0.3, -0.25) is 4.79 Å². The fourth-order valence-corrected chi connectivity index (χ4v) is 1.95. The molecule has 19 heavy (non-hydrogen) atoms. The van der Waals surface area contributed by atoms with E-state index in [2.05, 4.69) is 0 Å². The van der Waals surface area contributed by atoms with Gasteiger partial charge in [0, 0.05) is 26.3 Å². The lowest BCUT2D eigenvalue weighted by molar-refractivity contribution is -0.137. The van der Waals surface area contributed by atoms with Gasteiger partial charge >= 0.3 is 5.97 Å². The molecule has 0 spiro atoms. The number of amides is 1. The van der Waals surface area contributed by atoms with E-state index in [1.165, 1.54) is 4.90 Å². The summed E-state index contributed by atoms with van der Waals surface area (Å²) in [7, 11) is 3.25. The second-order valence-corrected chi connectivity index (χ2v) is 5.08. The molecule has 0 saturated heterocycles. The van der Waals surface area contributed by atoms with Crippen molar-refractivity contribution in [2.45, 2.75) is 31.9 Å². The van der Waals surface area contributed by atoms with E-state index in [9.17, 15) is 9.59 Å². The molecular weight excluding hydrogens is 246 g/mol. The van der Waals surface area contributed by atoms with Gasteiger partial charge in [-0.2, -0.15) is 0 Å². The Hall–Kier alpha value is -1.98. The predicted octanol–water partition coefficient (Wildman–Crippen LogP) is 1.04. The summed E-state index contributed by atoms with van der Waals surface area (Å²) in [5.41, 5.74) is 6.67. The maximum absolute atomic E-state index is 12.1. The number of hydrogen-bond acceptors (Lipinski definition) is 4. The zero-order chi connectivity index (χ0) is 14.2. The van der Waals surface area contributed by atoms with Crippen LogP contribution in [0.15, 0.2) is 12.3 Å². The molecule has 1 unspecified atom stereocenters. The summed E-state index contributed by atoms with van der Waals surface area (Å²) in [5.74, 6) is -0.753. The van der Waals surface area contributed by atoms with Crippen molar-refractivity contribution in [3.63, 3.8) is 0 Å². The Balaban J connectivity index is 2.09. The molecule has 1 heterocycles. The van der Waals surface area contributed by atoms with E-state index in [0.29, 0.717) is 17.4 Å². The van der Waals surface area contributed by atoms with Crippen LogP contribution in [0.2, 0.25) is 0 Å². The molecule has 0 radical (unpaired) electrons. The van der Waals surface area contributed by atoms with Crippen molar-refractivity contribution in [1.29, 1.82) is 0 Å². The van der Waals surface area contributed by atoms with Gasteiger partial charge < -0.3 is 19.9 Å². The fraction of sp³-hybridized carbons (Fsp3) is 0.538. The Bertz CT molecular complexity index is 503. The average molecular weight is 265 g/mol. The number of aromatic nitrogens is 1. The Kier molecular flexibility index (Phi) is 3.50. The van der Waals surface area contributed by atoms with Crippen LogP contribution in [0.1, 0.15) is 36.3 Å². The highest BCUT2D eigenvalue weighted by Gasteiger charge is 2.29. The van der Waals surface area contributed by atoms with Crippen LogP contribution in [-0.2, 0) is 9.53 Å². The van der Waals surface area contributed by atoms with Gasteiger partial charge in [0.25, 0.3) is 5.91 Å². The number of esters is 1. The molecule has 0 aliphatic heterocycles. The summed E-state index contributed by atoms with van der Waals surface area (Å²) in [4.78, 5) is 25.1. The molecule has 6 heteroatoms. The molecule has 1 aliphatic carbocycles. The molecule has 1 aromatic heterocycles. The number of carbonyl (C=O) groups is 2. The van der Waals surface area contributed by atoms with Gasteiger partial charge in [-0.05, 0) is 25.8 Å². The highest BCUT2D eigenvalue weighted by molar-refractivity contribution is 5.92. The minimum atomic E-state index is -0.800. The Morgan fingerprint density at radius 3 is 2.63 bits per heavy atom. The maximum Gasteiger partial charge on any atom is 0.355 e. The quantitative estimate of drug-likeness (QED) is 0.825. The van der Waals surface area contributed by atoms with E-state index in [4.69, 9.17) is 10.5 Å². The SMILES string of the molecule is CC(OC(=O)c1cc(N)cn1C1CC1)C(=O)N(C)C. The zero-order valence-corrected chi connectivity index (χ0v) is 11.4. The number of likely N-dealkylation sites (N-methyl/N-ethyl adjacent to an activating group) is 1. The van der Waals surface area contributed by atoms with Crippen LogP contribution in [0, 0.1) is 0 Å². The van der Waals surface area contributed by atoms with Crippen LogP contribution in [0.4, 0.5) is 5.69 Å². The number of hydrogen-bond donors (Lipinski definition) is 1. The van der Waals surface area contributed by atoms with Crippen molar-refractivity contribution in [2.75, 3.05) is 19.8 Å². The van der Waals surface area contributed by atoms with Crippen LogP contribution in [0.25, 0.3) is 0 Å². The van der Waals surface area contributed by atoms with Crippen molar-refractivity contribution < 1.29 is 14.3 Å². The third-order valence-electron chi connectivity index (χ3n) is 3.09. The van der Waals surface area contributed by atoms with E-state index in [1.807, 2.05) is 4.57 Å². The maximum atomic E-state index is 12.1. The van der Waals surface area contributed by atoms with Crippen molar-refractivity contribution in [3.8, 4) is 0 Å². The molecule has 1 fully saturated rings. The molecule has 0 aromatic carbocycles. The largest absolute Gasteiger partial charge is 0.448 e. The van der Waals surface area contributed by atoms with Gasteiger partial charge in [0.1, 0.15) is 5.69 Å². The summed E-state index contributed by atoms with van der Waals surface area (Å²) >= 11 is 0. The van der Waals surface area contributed by atoms with Crippen LogP contribution >= 0.6 is 0 Å². The lowest BCUT2D eigenvalue weighted by Crippen LogP contribution is -2.35. The minimum absolute atomic E-state index is 0.245. The number of nitrogen functional groups attached to an aromatic ring is 1. The predicted molar refractivity (Wildman–Crippen MR) is 70.7 cm³/mol. The Labute approximate surface area is 112 Å². The summed E-state index contributed by atoms with van der Waals surface area (Å²) in [5, 5.41) is 0. The Morgan fingerprint density at radius 2 is 2.11 bits per heavy atom. The van der Waals surface area contributed by atoms with E-state index < -0.39 is 12.1 Å². The first kappa shape index (κ1) is 13.5. The number of nitrogens with two attached hydrogens (primary N) is 1. The topological polar surface area (TPSA) is 77.6 Å². The van der Waals surface area contributed by atoms with Crippen LogP contribution in [0.5, 0.6) is 0 Å². The molecule has 1 aliphatic rings. The molecule has 104 valence electrons. The smallest absolute Gasteiger partial charge is 0.355 e. The third-order valence-corrected chi connectivity index (χ3v) is 3.09. The lowest BCUT2D eigenvalue weighted by Gasteiger charge is -2.17. The molecular formula is C13H19N3O3. The van der Waals surface area contributed by atoms with Crippen LogP contribution in [0.3, 0.4) is 0 Å². The first-order chi connectivity index (χ1) is 8.90. The summed E-state index contributed by atoms with van der Waals surface area (Å²) in [6, 6.07) is 1.92. The standard InChI is InChI=1S/C13H19N3O3/c1-8(12(17)15(2)3)19-13(18)11-6-9(14)7-16(11)10-4-5-10/h6-8,10H,4-5,14H2,1-3H3. The molecule has 1 amide bonds. The summed E-state index contributed by atoms with van der Waals surface area (Å²) in [6.45, 7) is 1.56. The van der Waals surface area contributed by atoms with Crippen molar-refractivity contribution >= 4 is 17.6 Å². The van der Waals surface area contributed by atoms with Crippen LogP contribution in [-0.4, -0.2) is 41.5 Å². The summed E-state index contributed by atoms with van der Waals surface area (Å²) < 4.78 is 7.02. The second kappa shape index (κ2) is 4.95. The molecule has 1 atom stereocenters. The van der Waals surface area contributed by atoms with E-state index in [-0.39, 0.29) is 5.91 Å². The van der Waals surface area contributed by atoms with Crippen molar-refractivity contribution in [1.82, 2.24) is 9.47 Å². The first-order valence-electron chi connectivity index (χ1n) is 6.29. The Morgan fingerprint density at radius 1 is 1.47 bits per heavy atom. The highest BCUT2D eigenvalue weighted by Crippen LogP contribution is 2.37. The molecule has 2 N–H and O–H groups in total. The van der Waals surface area contributed by atoms with E-state index >= 15 is 0 Å². The van der Waals surface area contributed by atoms with Gasteiger partial charge in [-0.15, -0.1) is 0 Å². The van der Waals surface area contributed by atoms with Crippen molar-refractivity contribution in [3.05, 3.63) is 18.0 Å². The van der Waals surface area contributed by atoms with Gasteiger partial charge in [0.15, 0.2) is 6.10 Å². The molecule has 2 rings (SSSR count). The van der Waals surface area contributed by atoms with E-state index in [1.54, 1.807) is 33.3 Å². The minimum Gasteiger partial charge on any atom is -0.448 e. The first-order valence-corrected chi connectivity index (χ1v) is 6.29. The van der Waals surface area contributed by atoms with Crippen molar-refractivity contribution in [2.24, 2.45) is 0 Å². The zero-order valence-electron chi connectivity index (χ0n) is 11.4. The van der Waals surface area contributed by atoms with Crippen LogP contribution < -0.4 is 5.73 Å².